The summed E-state index contributed by atoms with van der Waals surface area (Å²) in [5.41, 5.74) is 0.0198. The van der Waals surface area contributed by atoms with Crippen molar-refractivity contribution in [2.75, 3.05) is 0 Å². The summed E-state index contributed by atoms with van der Waals surface area (Å²) in [4.78, 5) is 0. The number of ether oxygens (including phenoxy) is 1. The monoisotopic (exact) mass is 185 g/mol. The van der Waals surface area contributed by atoms with Gasteiger partial charge in [0.1, 0.15) is 0 Å². The van der Waals surface area contributed by atoms with E-state index in [-0.39, 0.29) is 5.60 Å². The van der Waals surface area contributed by atoms with Gasteiger partial charge < -0.3 is 10.1 Å². The van der Waals surface area contributed by atoms with Crippen molar-refractivity contribution in [3.8, 4) is 0 Å². The van der Waals surface area contributed by atoms with E-state index in [0.29, 0.717) is 18.2 Å². The molecule has 78 valence electrons. The standard InChI is InChI=1S/C11H23NO/c1-8-6-10(3)13-11(4,5)7-9(2)12-8/h8-10,12H,6-7H2,1-5H3. The summed E-state index contributed by atoms with van der Waals surface area (Å²) in [6.45, 7) is 11.0. The number of rotatable bonds is 0. The van der Waals surface area contributed by atoms with Gasteiger partial charge in [-0.15, -0.1) is 0 Å². The first-order valence-electron chi connectivity index (χ1n) is 5.33. The second-order valence-corrected chi connectivity index (χ2v) is 5.10. The van der Waals surface area contributed by atoms with Gasteiger partial charge in [0.25, 0.3) is 0 Å². The Labute approximate surface area is 82.0 Å². The first-order chi connectivity index (χ1) is 5.89. The lowest BCUT2D eigenvalue weighted by Crippen LogP contribution is -2.46. The molecule has 0 amide bonds. The van der Waals surface area contributed by atoms with E-state index in [1.165, 1.54) is 0 Å². The number of hydrogen-bond donors (Lipinski definition) is 1. The summed E-state index contributed by atoms with van der Waals surface area (Å²) in [5, 5.41) is 3.59. The minimum absolute atomic E-state index is 0.0198. The van der Waals surface area contributed by atoms with Crippen LogP contribution in [0.15, 0.2) is 0 Å². The summed E-state index contributed by atoms with van der Waals surface area (Å²) in [6.07, 6.45) is 2.56. The Balaban J connectivity index is 2.59. The summed E-state index contributed by atoms with van der Waals surface area (Å²) >= 11 is 0. The molecule has 1 aliphatic rings. The maximum atomic E-state index is 5.98. The van der Waals surface area contributed by atoms with Crippen LogP contribution in [0.4, 0.5) is 0 Å². The van der Waals surface area contributed by atoms with Crippen LogP contribution >= 0.6 is 0 Å². The molecule has 13 heavy (non-hydrogen) atoms. The van der Waals surface area contributed by atoms with Crippen molar-refractivity contribution in [3.63, 3.8) is 0 Å². The number of hydrogen-bond acceptors (Lipinski definition) is 2. The largest absolute Gasteiger partial charge is 0.373 e. The van der Waals surface area contributed by atoms with Gasteiger partial charge in [0.2, 0.25) is 0 Å². The molecule has 0 spiro atoms. The molecule has 2 nitrogen and oxygen atoms in total. The third-order valence-corrected chi connectivity index (χ3v) is 2.57. The predicted molar refractivity (Wildman–Crippen MR) is 55.9 cm³/mol. The van der Waals surface area contributed by atoms with E-state index in [9.17, 15) is 0 Å². The normalized spacial score (nSPS) is 40.8. The molecule has 2 heteroatoms. The van der Waals surface area contributed by atoms with Gasteiger partial charge in [-0.2, -0.15) is 0 Å². The van der Waals surface area contributed by atoms with E-state index >= 15 is 0 Å². The van der Waals surface area contributed by atoms with Crippen LogP contribution in [0, 0.1) is 0 Å². The summed E-state index contributed by atoms with van der Waals surface area (Å²) in [5.74, 6) is 0. The highest BCUT2D eigenvalue weighted by atomic mass is 16.5. The minimum atomic E-state index is 0.0198. The van der Waals surface area contributed by atoms with Gasteiger partial charge in [-0.3, -0.25) is 0 Å². The summed E-state index contributed by atoms with van der Waals surface area (Å²) in [6, 6.07) is 1.12. The molecule has 0 aromatic heterocycles. The first-order valence-corrected chi connectivity index (χ1v) is 5.33. The Morgan fingerprint density at radius 2 is 1.77 bits per heavy atom. The quantitative estimate of drug-likeness (QED) is 0.625. The molecule has 0 aromatic rings. The zero-order valence-corrected chi connectivity index (χ0v) is 9.55. The fraction of sp³-hybridized carbons (Fsp3) is 1.00. The van der Waals surface area contributed by atoms with Gasteiger partial charge in [-0.1, -0.05) is 0 Å². The summed E-state index contributed by atoms with van der Waals surface area (Å²) in [7, 11) is 0. The Kier molecular flexibility index (Phi) is 3.36. The molecule has 1 N–H and O–H groups in total. The van der Waals surface area contributed by atoms with Crippen LogP contribution in [-0.2, 0) is 4.74 Å². The van der Waals surface area contributed by atoms with Crippen molar-refractivity contribution in [2.45, 2.75) is 71.2 Å². The first kappa shape index (κ1) is 11.0. The average molecular weight is 185 g/mol. The molecule has 0 saturated carbocycles. The van der Waals surface area contributed by atoms with Crippen LogP contribution in [0.1, 0.15) is 47.5 Å². The van der Waals surface area contributed by atoms with E-state index in [4.69, 9.17) is 4.74 Å². The molecule has 1 rings (SSSR count). The third kappa shape index (κ3) is 3.65. The lowest BCUT2D eigenvalue weighted by atomic mass is 9.96. The van der Waals surface area contributed by atoms with Crippen LogP contribution in [0.25, 0.3) is 0 Å². The van der Waals surface area contributed by atoms with Crippen molar-refractivity contribution in [1.82, 2.24) is 5.32 Å². The Morgan fingerprint density at radius 1 is 1.15 bits per heavy atom. The molecular weight excluding hydrogens is 162 g/mol. The topological polar surface area (TPSA) is 21.3 Å². The molecule has 1 heterocycles. The molecule has 1 fully saturated rings. The Bertz CT molecular complexity index is 151. The highest BCUT2D eigenvalue weighted by molar-refractivity contribution is 4.82. The second kappa shape index (κ2) is 3.97. The zero-order valence-electron chi connectivity index (χ0n) is 9.55. The zero-order chi connectivity index (χ0) is 10.1. The smallest absolute Gasteiger partial charge is 0.0644 e. The van der Waals surface area contributed by atoms with Gasteiger partial charge >= 0.3 is 0 Å². The number of nitrogens with one attached hydrogen (secondary N) is 1. The molecular formula is C11H23NO. The van der Waals surface area contributed by atoms with Gasteiger partial charge in [-0.25, -0.2) is 0 Å². The van der Waals surface area contributed by atoms with Gasteiger partial charge in [-0.05, 0) is 47.5 Å². The SMILES string of the molecule is CC1CC(C)OC(C)(C)CC(C)N1. The minimum Gasteiger partial charge on any atom is -0.373 e. The fourth-order valence-corrected chi connectivity index (χ4v) is 2.49. The van der Waals surface area contributed by atoms with Crippen LogP contribution < -0.4 is 5.32 Å². The van der Waals surface area contributed by atoms with Crippen LogP contribution in [0.3, 0.4) is 0 Å². The maximum absolute atomic E-state index is 5.98. The molecule has 1 saturated heterocycles. The molecule has 0 bridgehead atoms. The molecule has 3 atom stereocenters. The Morgan fingerprint density at radius 3 is 2.38 bits per heavy atom. The van der Waals surface area contributed by atoms with E-state index in [1.54, 1.807) is 0 Å². The van der Waals surface area contributed by atoms with Crippen molar-refractivity contribution >= 4 is 0 Å². The maximum Gasteiger partial charge on any atom is 0.0644 e. The predicted octanol–water partition coefficient (Wildman–Crippen LogP) is 2.33. The second-order valence-electron chi connectivity index (χ2n) is 5.10. The molecule has 3 unspecified atom stereocenters. The molecule has 1 aliphatic heterocycles. The van der Waals surface area contributed by atoms with Crippen molar-refractivity contribution < 1.29 is 4.74 Å². The van der Waals surface area contributed by atoms with Crippen LogP contribution in [0.2, 0.25) is 0 Å². The third-order valence-electron chi connectivity index (χ3n) is 2.57. The van der Waals surface area contributed by atoms with Gasteiger partial charge in [0.05, 0.1) is 11.7 Å². The van der Waals surface area contributed by atoms with Crippen molar-refractivity contribution in [1.29, 1.82) is 0 Å². The van der Waals surface area contributed by atoms with E-state index in [0.717, 1.165) is 12.8 Å². The van der Waals surface area contributed by atoms with Gasteiger partial charge in [0, 0.05) is 12.1 Å². The Hall–Kier alpha value is -0.0800. The van der Waals surface area contributed by atoms with Crippen LogP contribution in [-0.4, -0.2) is 23.8 Å². The highest BCUT2D eigenvalue weighted by Gasteiger charge is 2.28. The lowest BCUT2D eigenvalue weighted by molar-refractivity contribution is -0.0864. The van der Waals surface area contributed by atoms with E-state index in [1.807, 2.05) is 0 Å². The molecule has 0 radical (unpaired) electrons. The van der Waals surface area contributed by atoms with E-state index in [2.05, 4.69) is 39.9 Å². The van der Waals surface area contributed by atoms with Crippen molar-refractivity contribution in [3.05, 3.63) is 0 Å². The molecule has 0 aliphatic carbocycles. The van der Waals surface area contributed by atoms with Crippen molar-refractivity contribution in [2.24, 2.45) is 0 Å². The highest BCUT2D eigenvalue weighted by Crippen LogP contribution is 2.23. The molecule has 0 aromatic carbocycles. The average Bonchev–Trinajstić information content (AvgIpc) is 1.78. The van der Waals surface area contributed by atoms with Crippen LogP contribution in [0.5, 0.6) is 0 Å². The summed E-state index contributed by atoms with van der Waals surface area (Å²) < 4.78 is 5.98. The lowest BCUT2D eigenvalue weighted by Gasteiger charge is -2.37. The van der Waals surface area contributed by atoms with Gasteiger partial charge in [0.15, 0.2) is 0 Å². The fourth-order valence-electron chi connectivity index (χ4n) is 2.49. The van der Waals surface area contributed by atoms with E-state index < -0.39 is 0 Å².